The monoisotopic (exact) mass is 300 g/mol. The summed E-state index contributed by atoms with van der Waals surface area (Å²) < 4.78 is 27.0. The van der Waals surface area contributed by atoms with Crippen LogP contribution in [0, 0.1) is 11.6 Å². The van der Waals surface area contributed by atoms with Crippen LogP contribution in [0.25, 0.3) is 0 Å². The van der Waals surface area contributed by atoms with Crippen LogP contribution >= 0.6 is 11.6 Å². The van der Waals surface area contributed by atoms with Gasteiger partial charge in [-0.25, -0.2) is 13.6 Å². The molecule has 0 aliphatic rings. The zero-order chi connectivity index (χ0) is 14.9. The number of hydrogen-bond donors (Lipinski definition) is 1. The highest BCUT2D eigenvalue weighted by atomic mass is 35.5. The summed E-state index contributed by atoms with van der Waals surface area (Å²) in [5, 5.41) is -0.281. The fourth-order valence-corrected chi connectivity index (χ4v) is 1.72. The Bertz CT molecular complexity index is 798. The van der Waals surface area contributed by atoms with Gasteiger partial charge < -0.3 is 0 Å². The van der Waals surface area contributed by atoms with Gasteiger partial charge >= 0.3 is 5.69 Å². The number of aromatic amines is 1. The van der Waals surface area contributed by atoms with Crippen LogP contribution < -0.4 is 11.2 Å². The van der Waals surface area contributed by atoms with E-state index in [1.54, 1.807) is 0 Å². The molecule has 0 atom stereocenters. The molecule has 0 spiro atoms. The van der Waals surface area contributed by atoms with Crippen LogP contribution in [0.15, 0.2) is 34.0 Å². The Balaban J connectivity index is 2.35. The third-order valence-corrected chi connectivity index (χ3v) is 2.78. The number of benzene rings is 1. The molecule has 8 heteroatoms. The molecule has 1 N–H and O–H groups in total. The number of nitrogens with one attached hydrogen (secondary N) is 1. The van der Waals surface area contributed by atoms with Crippen molar-refractivity contribution in [3.63, 3.8) is 0 Å². The largest absolute Gasteiger partial charge is 0.328 e. The normalized spacial score (nSPS) is 10.6. The van der Waals surface area contributed by atoms with E-state index in [-0.39, 0.29) is 10.6 Å². The smallest absolute Gasteiger partial charge is 0.292 e. The van der Waals surface area contributed by atoms with Crippen molar-refractivity contribution in [1.29, 1.82) is 0 Å². The van der Waals surface area contributed by atoms with Crippen molar-refractivity contribution in [3.05, 3.63) is 67.5 Å². The number of rotatable bonds is 3. The second-order valence-electron chi connectivity index (χ2n) is 3.91. The van der Waals surface area contributed by atoms with Crippen molar-refractivity contribution in [2.75, 3.05) is 0 Å². The summed E-state index contributed by atoms with van der Waals surface area (Å²) in [6.07, 6.45) is 0.974. The summed E-state index contributed by atoms with van der Waals surface area (Å²) in [5.41, 5.74) is -2.00. The molecule has 0 radical (unpaired) electrons. The van der Waals surface area contributed by atoms with E-state index < -0.39 is 35.2 Å². The van der Waals surface area contributed by atoms with Crippen molar-refractivity contribution in [2.45, 2.75) is 6.54 Å². The summed E-state index contributed by atoms with van der Waals surface area (Å²) in [7, 11) is 0. The van der Waals surface area contributed by atoms with E-state index in [0.29, 0.717) is 6.07 Å². The summed E-state index contributed by atoms with van der Waals surface area (Å²) in [5.74, 6) is -2.60. The number of nitrogens with zero attached hydrogens (tertiary/aromatic N) is 1. The second kappa shape index (κ2) is 5.38. The van der Waals surface area contributed by atoms with E-state index >= 15 is 0 Å². The van der Waals surface area contributed by atoms with Gasteiger partial charge in [-0.05, 0) is 12.1 Å². The van der Waals surface area contributed by atoms with Gasteiger partial charge in [0, 0.05) is 12.3 Å². The number of carbonyl (C=O) groups excluding carboxylic acids is 1. The van der Waals surface area contributed by atoms with Gasteiger partial charge in [0.15, 0.2) is 5.78 Å². The predicted octanol–water partition coefficient (Wildman–Crippen LogP) is 1.35. The molecule has 0 aliphatic heterocycles. The first-order valence-corrected chi connectivity index (χ1v) is 5.74. The van der Waals surface area contributed by atoms with Crippen molar-refractivity contribution < 1.29 is 13.6 Å². The molecule has 2 rings (SSSR count). The maximum Gasteiger partial charge on any atom is 0.328 e. The van der Waals surface area contributed by atoms with Crippen molar-refractivity contribution in [3.8, 4) is 0 Å². The minimum absolute atomic E-state index is 0.281. The number of halogens is 3. The molecule has 1 heterocycles. The number of aromatic nitrogens is 2. The fraction of sp³-hybridized carbons (Fsp3) is 0.0833. The average molecular weight is 301 g/mol. The lowest BCUT2D eigenvalue weighted by Crippen LogP contribution is -2.31. The molecule has 1 aromatic heterocycles. The van der Waals surface area contributed by atoms with Crippen LogP contribution in [-0.4, -0.2) is 15.3 Å². The standard InChI is InChI=1S/C12H7ClF2N2O3/c13-8-4-17(12(20)16-11(8)19)5-10(18)7-2-1-6(14)3-9(7)15/h1-4H,5H2,(H,16,19,20). The summed E-state index contributed by atoms with van der Waals surface area (Å²) in [6.45, 7) is -0.530. The van der Waals surface area contributed by atoms with Crippen LogP contribution in [-0.2, 0) is 6.54 Å². The van der Waals surface area contributed by atoms with Gasteiger partial charge in [0.25, 0.3) is 5.56 Å². The van der Waals surface area contributed by atoms with Crippen molar-refractivity contribution in [1.82, 2.24) is 9.55 Å². The molecule has 0 bridgehead atoms. The minimum Gasteiger partial charge on any atom is -0.292 e. The highest BCUT2D eigenvalue weighted by Crippen LogP contribution is 2.11. The van der Waals surface area contributed by atoms with Gasteiger partial charge in [-0.1, -0.05) is 11.6 Å². The molecule has 2 aromatic rings. The van der Waals surface area contributed by atoms with E-state index in [2.05, 4.69) is 0 Å². The SMILES string of the molecule is O=C(Cn1cc(Cl)c(=O)[nH]c1=O)c1ccc(F)cc1F. The lowest BCUT2D eigenvalue weighted by Gasteiger charge is -2.05. The molecule has 0 amide bonds. The van der Waals surface area contributed by atoms with Crippen LogP contribution in [0.4, 0.5) is 8.78 Å². The Hall–Kier alpha value is -2.28. The minimum atomic E-state index is -1.03. The van der Waals surface area contributed by atoms with Crippen LogP contribution in [0.3, 0.4) is 0 Å². The summed E-state index contributed by atoms with van der Waals surface area (Å²) in [4.78, 5) is 36.2. The third kappa shape index (κ3) is 2.83. The Morgan fingerprint density at radius 2 is 2.00 bits per heavy atom. The van der Waals surface area contributed by atoms with Crippen LogP contribution in [0.5, 0.6) is 0 Å². The lowest BCUT2D eigenvalue weighted by molar-refractivity contribution is 0.0966. The number of hydrogen-bond acceptors (Lipinski definition) is 3. The Labute approximate surface area is 115 Å². The Kier molecular flexibility index (Phi) is 3.80. The van der Waals surface area contributed by atoms with E-state index in [1.165, 1.54) is 0 Å². The van der Waals surface area contributed by atoms with Crippen LogP contribution in [0.2, 0.25) is 5.02 Å². The molecule has 0 fully saturated rings. The zero-order valence-corrected chi connectivity index (χ0v) is 10.6. The molecule has 5 nitrogen and oxygen atoms in total. The van der Waals surface area contributed by atoms with E-state index in [0.717, 1.165) is 22.9 Å². The molecule has 0 unspecified atom stereocenters. The van der Waals surface area contributed by atoms with Gasteiger partial charge in [-0.3, -0.25) is 19.1 Å². The summed E-state index contributed by atoms with van der Waals surface area (Å²) in [6, 6.07) is 2.47. The first kappa shape index (κ1) is 14.1. The zero-order valence-electron chi connectivity index (χ0n) is 9.82. The van der Waals surface area contributed by atoms with Gasteiger partial charge in [0.1, 0.15) is 16.7 Å². The number of Topliss-reactive ketones (excluding diaryl/α,β-unsaturated/α-hetero) is 1. The summed E-state index contributed by atoms with van der Waals surface area (Å²) >= 11 is 5.53. The highest BCUT2D eigenvalue weighted by Gasteiger charge is 2.14. The highest BCUT2D eigenvalue weighted by molar-refractivity contribution is 6.30. The molecule has 0 saturated carbocycles. The number of H-pyrrole nitrogens is 1. The number of carbonyl (C=O) groups is 1. The molecule has 104 valence electrons. The maximum absolute atomic E-state index is 13.4. The predicted molar refractivity (Wildman–Crippen MR) is 67.0 cm³/mol. The van der Waals surface area contributed by atoms with E-state index in [4.69, 9.17) is 11.6 Å². The average Bonchev–Trinajstić information content (AvgIpc) is 2.35. The first-order valence-electron chi connectivity index (χ1n) is 5.36. The topological polar surface area (TPSA) is 71.9 Å². The first-order chi connectivity index (χ1) is 9.38. The fourth-order valence-electron chi connectivity index (χ4n) is 1.56. The Morgan fingerprint density at radius 1 is 1.30 bits per heavy atom. The van der Waals surface area contributed by atoms with E-state index in [9.17, 15) is 23.2 Å². The van der Waals surface area contributed by atoms with Gasteiger partial charge in [0.05, 0.1) is 12.1 Å². The molecule has 0 saturated heterocycles. The van der Waals surface area contributed by atoms with Gasteiger partial charge in [-0.15, -0.1) is 0 Å². The lowest BCUT2D eigenvalue weighted by atomic mass is 10.1. The number of ketones is 1. The third-order valence-electron chi connectivity index (χ3n) is 2.51. The quantitative estimate of drug-likeness (QED) is 0.870. The molecule has 0 aliphatic carbocycles. The Morgan fingerprint density at radius 3 is 2.65 bits per heavy atom. The second-order valence-corrected chi connectivity index (χ2v) is 4.32. The van der Waals surface area contributed by atoms with Gasteiger partial charge in [0.2, 0.25) is 0 Å². The van der Waals surface area contributed by atoms with Crippen molar-refractivity contribution >= 4 is 17.4 Å². The molecule has 1 aromatic carbocycles. The molecule has 20 heavy (non-hydrogen) atoms. The van der Waals surface area contributed by atoms with Crippen molar-refractivity contribution in [2.24, 2.45) is 0 Å². The van der Waals surface area contributed by atoms with Gasteiger partial charge in [-0.2, -0.15) is 0 Å². The maximum atomic E-state index is 13.4. The van der Waals surface area contributed by atoms with Crippen LogP contribution in [0.1, 0.15) is 10.4 Å². The molecular weight excluding hydrogens is 294 g/mol. The van der Waals surface area contributed by atoms with E-state index in [1.807, 2.05) is 4.98 Å². The molecular formula is C12H7ClF2N2O3.